The first kappa shape index (κ1) is 22.3. The predicted octanol–water partition coefficient (Wildman–Crippen LogP) is 7.33. The number of ether oxygens (including phenoxy) is 1. The molecule has 0 radical (unpaired) electrons. The van der Waals surface area contributed by atoms with E-state index in [1.165, 1.54) is 77.0 Å². The summed E-state index contributed by atoms with van der Waals surface area (Å²) in [6.07, 6.45) is 18.4. The van der Waals surface area contributed by atoms with Gasteiger partial charge in [-0.3, -0.25) is 0 Å². The Kier molecular flexibility index (Phi) is 17.1. The van der Waals surface area contributed by atoms with Crippen LogP contribution in [0.2, 0.25) is 0 Å². The minimum atomic E-state index is -1.11. The van der Waals surface area contributed by atoms with Gasteiger partial charge in [-0.1, -0.05) is 90.9 Å². The average Bonchev–Trinajstić information content (AvgIpc) is 2.52. The zero-order valence-electron chi connectivity index (χ0n) is 15.7. The van der Waals surface area contributed by atoms with Crippen LogP contribution in [0, 0.1) is 0 Å². The third kappa shape index (κ3) is 17.5. The topological polar surface area (TPSA) is 46.5 Å². The normalized spacial score (nSPS) is 12.3. The fraction of sp³-hybridized carbons (Fsp3) is 0.950. The van der Waals surface area contributed by atoms with E-state index >= 15 is 0 Å². The van der Waals surface area contributed by atoms with E-state index in [2.05, 4.69) is 13.8 Å². The third-order valence-corrected chi connectivity index (χ3v) is 4.53. The molecule has 0 bridgehead atoms. The molecule has 0 rings (SSSR count). The summed E-state index contributed by atoms with van der Waals surface area (Å²) in [4.78, 5) is 10.8. The van der Waals surface area contributed by atoms with E-state index < -0.39 is 6.16 Å². The van der Waals surface area contributed by atoms with Crippen molar-refractivity contribution < 1.29 is 14.6 Å². The van der Waals surface area contributed by atoms with Crippen molar-refractivity contribution >= 4 is 6.16 Å². The van der Waals surface area contributed by atoms with Crippen LogP contribution in [0.4, 0.5) is 4.79 Å². The van der Waals surface area contributed by atoms with Crippen LogP contribution in [-0.2, 0) is 4.74 Å². The van der Waals surface area contributed by atoms with Gasteiger partial charge in [0.15, 0.2) is 0 Å². The smallest absolute Gasteiger partial charge is 0.450 e. The number of rotatable bonds is 17. The lowest BCUT2D eigenvalue weighted by Gasteiger charge is -2.15. The van der Waals surface area contributed by atoms with Crippen molar-refractivity contribution in [2.75, 3.05) is 0 Å². The Hall–Kier alpha value is -0.730. The summed E-state index contributed by atoms with van der Waals surface area (Å²) >= 11 is 0. The Balaban J connectivity index is 3.52. The van der Waals surface area contributed by atoms with Gasteiger partial charge in [0.2, 0.25) is 0 Å². The molecule has 0 aliphatic carbocycles. The molecule has 1 unspecified atom stereocenters. The highest BCUT2D eigenvalue weighted by atomic mass is 16.7. The van der Waals surface area contributed by atoms with Crippen molar-refractivity contribution in [2.24, 2.45) is 0 Å². The van der Waals surface area contributed by atoms with Crippen molar-refractivity contribution in [3.05, 3.63) is 0 Å². The van der Waals surface area contributed by atoms with E-state index in [1.54, 1.807) is 0 Å². The fourth-order valence-corrected chi connectivity index (χ4v) is 3.06. The van der Waals surface area contributed by atoms with Crippen LogP contribution in [0.15, 0.2) is 0 Å². The Bertz CT molecular complexity index is 253. The van der Waals surface area contributed by atoms with Gasteiger partial charge in [-0.15, -0.1) is 0 Å². The van der Waals surface area contributed by atoms with Gasteiger partial charge in [0, 0.05) is 0 Å². The SMILES string of the molecule is CCCCCCCCCCCCC(CCCCCC)OC(=O)O. The second-order valence-electron chi connectivity index (χ2n) is 6.83. The molecule has 3 nitrogen and oxygen atoms in total. The number of hydrogen-bond acceptors (Lipinski definition) is 2. The molecule has 0 aromatic rings. The van der Waals surface area contributed by atoms with Crippen molar-refractivity contribution in [1.82, 2.24) is 0 Å². The average molecular weight is 329 g/mol. The lowest BCUT2D eigenvalue weighted by atomic mass is 10.0. The highest BCUT2D eigenvalue weighted by Gasteiger charge is 2.12. The van der Waals surface area contributed by atoms with Crippen LogP contribution in [0.25, 0.3) is 0 Å². The van der Waals surface area contributed by atoms with Crippen LogP contribution < -0.4 is 0 Å². The molecule has 0 aromatic carbocycles. The maximum atomic E-state index is 10.8. The highest BCUT2D eigenvalue weighted by Crippen LogP contribution is 2.17. The third-order valence-electron chi connectivity index (χ3n) is 4.53. The molecule has 0 aromatic heterocycles. The Labute approximate surface area is 144 Å². The molecule has 0 fully saturated rings. The Morgan fingerprint density at radius 2 is 1.04 bits per heavy atom. The number of unbranched alkanes of at least 4 members (excludes halogenated alkanes) is 12. The zero-order chi connectivity index (χ0) is 17.2. The molecular formula is C20H40O3. The van der Waals surface area contributed by atoms with Crippen molar-refractivity contribution in [1.29, 1.82) is 0 Å². The molecule has 0 aliphatic heterocycles. The first-order valence-electron chi connectivity index (χ1n) is 10.1. The largest absolute Gasteiger partial charge is 0.506 e. The van der Waals surface area contributed by atoms with Gasteiger partial charge >= 0.3 is 6.16 Å². The Morgan fingerprint density at radius 1 is 0.696 bits per heavy atom. The second kappa shape index (κ2) is 17.6. The van der Waals surface area contributed by atoms with E-state index in [-0.39, 0.29) is 6.10 Å². The van der Waals surface area contributed by atoms with Crippen LogP contribution in [0.1, 0.15) is 117 Å². The fourth-order valence-electron chi connectivity index (χ4n) is 3.06. The molecule has 0 saturated heterocycles. The highest BCUT2D eigenvalue weighted by molar-refractivity contribution is 5.57. The molecular weight excluding hydrogens is 288 g/mol. The molecule has 1 N–H and O–H groups in total. The molecule has 23 heavy (non-hydrogen) atoms. The summed E-state index contributed by atoms with van der Waals surface area (Å²) in [6.45, 7) is 4.44. The molecule has 0 amide bonds. The summed E-state index contributed by atoms with van der Waals surface area (Å²) in [7, 11) is 0. The minimum absolute atomic E-state index is 0.0848. The van der Waals surface area contributed by atoms with Crippen molar-refractivity contribution in [3.8, 4) is 0 Å². The maximum Gasteiger partial charge on any atom is 0.506 e. The molecule has 138 valence electrons. The molecule has 0 heterocycles. The molecule has 0 aliphatic rings. The standard InChI is InChI=1S/C20H40O3/c1-3-5-7-9-10-11-12-13-14-16-18-19(23-20(21)22)17-15-8-6-4-2/h19H,3-18H2,1-2H3,(H,21,22). The van der Waals surface area contributed by atoms with Gasteiger partial charge in [0.25, 0.3) is 0 Å². The quantitative estimate of drug-likeness (QED) is 0.224. The van der Waals surface area contributed by atoms with Crippen molar-refractivity contribution in [2.45, 2.75) is 123 Å². The summed E-state index contributed by atoms with van der Waals surface area (Å²) in [6, 6.07) is 0. The van der Waals surface area contributed by atoms with Gasteiger partial charge < -0.3 is 9.84 Å². The maximum absolute atomic E-state index is 10.8. The summed E-state index contributed by atoms with van der Waals surface area (Å²) < 4.78 is 5.03. The van der Waals surface area contributed by atoms with E-state index in [4.69, 9.17) is 9.84 Å². The van der Waals surface area contributed by atoms with Crippen LogP contribution in [-0.4, -0.2) is 17.4 Å². The van der Waals surface area contributed by atoms with Crippen LogP contribution in [0.3, 0.4) is 0 Å². The summed E-state index contributed by atoms with van der Waals surface area (Å²) in [5.74, 6) is 0. The Morgan fingerprint density at radius 3 is 1.43 bits per heavy atom. The second-order valence-corrected chi connectivity index (χ2v) is 6.83. The van der Waals surface area contributed by atoms with E-state index in [9.17, 15) is 4.79 Å². The van der Waals surface area contributed by atoms with Gasteiger partial charge in [0.1, 0.15) is 6.10 Å². The number of hydrogen-bond donors (Lipinski definition) is 1. The van der Waals surface area contributed by atoms with E-state index in [0.717, 1.165) is 25.7 Å². The van der Waals surface area contributed by atoms with Crippen LogP contribution in [0.5, 0.6) is 0 Å². The van der Waals surface area contributed by atoms with Gasteiger partial charge in [0.05, 0.1) is 0 Å². The van der Waals surface area contributed by atoms with Gasteiger partial charge in [-0.05, 0) is 25.7 Å². The minimum Gasteiger partial charge on any atom is -0.450 e. The van der Waals surface area contributed by atoms with Crippen LogP contribution >= 0.6 is 0 Å². The first-order chi connectivity index (χ1) is 11.2. The summed E-state index contributed by atoms with van der Waals surface area (Å²) in [5.41, 5.74) is 0. The molecule has 1 atom stereocenters. The van der Waals surface area contributed by atoms with Crippen molar-refractivity contribution in [3.63, 3.8) is 0 Å². The number of carbonyl (C=O) groups is 1. The zero-order valence-corrected chi connectivity index (χ0v) is 15.7. The lowest BCUT2D eigenvalue weighted by molar-refractivity contribution is 0.0422. The van der Waals surface area contributed by atoms with Gasteiger partial charge in [-0.25, -0.2) is 4.79 Å². The first-order valence-corrected chi connectivity index (χ1v) is 10.1. The van der Waals surface area contributed by atoms with Gasteiger partial charge in [-0.2, -0.15) is 0 Å². The lowest BCUT2D eigenvalue weighted by Crippen LogP contribution is -2.16. The molecule has 0 spiro atoms. The molecule has 0 saturated carbocycles. The monoisotopic (exact) mass is 328 g/mol. The number of carboxylic acid groups (broad SMARTS) is 1. The summed E-state index contributed by atoms with van der Waals surface area (Å²) in [5, 5.41) is 8.83. The molecule has 3 heteroatoms. The van der Waals surface area contributed by atoms with E-state index in [1.807, 2.05) is 0 Å². The predicted molar refractivity (Wildman–Crippen MR) is 98.1 cm³/mol. The van der Waals surface area contributed by atoms with E-state index in [0.29, 0.717) is 0 Å².